The zero-order valence-corrected chi connectivity index (χ0v) is 13.5. The van der Waals surface area contributed by atoms with Crippen molar-refractivity contribution in [3.8, 4) is 6.07 Å². The largest absolute Gasteiger partial charge is 0.322 e. The summed E-state index contributed by atoms with van der Waals surface area (Å²) in [6, 6.07) is 9.68. The van der Waals surface area contributed by atoms with E-state index in [1.54, 1.807) is 39.0 Å². The van der Waals surface area contributed by atoms with Crippen LogP contribution in [0.3, 0.4) is 0 Å². The van der Waals surface area contributed by atoms with Gasteiger partial charge in [-0.05, 0) is 39.0 Å². The number of anilines is 1. The maximum absolute atomic E-state index is 12.4. The van der Waals surface area contributed by atoms with Gasteiger partial charge in [-0.3, -0.25) is 19.9 Å². The van der Waals surface area contributed by atoms with E-state index in [0.29, 0.717) is 22.5 Å². The molecule has 24 heavy (non-hydrogen) atoms. The topological polar surface area (TPSA) is 109 Å². The predicted octanol–water partition coefficient (Wildman–Crippen LogP) is 3.35. The first-order chi connectivity index (χ1) is 11.2. The standard InChI is InChI=1S/C17H16N4O3/c1-11-4-5-13(9-14(11)21(23)24)20-16(22)12-6-7-19-15(8-12)17(2,3)10-18/h4-9H,1-3H3,(H,20,22). The van der Waals surface area contributed by atoms with Crippen molar-refractivity contribution >= 4 is 17.3 Å². The normalized spacial score (nSPS) is 10.8. The van der Waals surface area contributed by atoms with E-state index in [0.717, 1.165) is 0 Å². The molecule has 7 nitrogen and oxygen atoms in total. The zero-order chi connectivity index (χ0) is 17.9. The second-order valence-electron chi connectivity index (χ2n) is 5.88. The van der Waals surface area contributed by atoms with Gasteiger partial charge in [0, 0.05) is 29.1 Å². The maximum atomic E-state index is 12.4. The Kier molecular flexibility index (Phi) is 4.60. The number of carbonyl (C=O) groups is 1. The van der Waals surface area contributed by atoms with E-state index in [2.05, 4.69) is 16.4 Å². The van der Waals surface area contributed by atoms with Crippen LogP contribution < -0.4 is 5.32 Å². The van der Waals surface area contributed by atoms with Crippen molar-refractivity contribution in [2.45, 2.75) is 26.2 Å². The lowest BCUT2D eigenvalue weighted by Crippen LogP contribution is -2.18. The highest BCUT2D eigenvalue weighted by molar-refractivity contribution is 6.04. The summed E-state index contributed by atoms with van der Waals surface area (Å²) in [6.07, 6.45) is 1.46. The van der Waals surface area contributed by atoms with Gasteiger partial charge in [-0.15, -0.1) is 0 Å². The fourth-order valence-electron chi connectivity index (χ4n) is 2.06. The van der Waals surface area contributed by atoms with E-state index in [9.17, 15) is 14.9 Å². The van der Waals surface area contributed by atoms with Gasteiger partial charge in [0.15, 0.2) is 0 Å². The number of rotatable bonds is 4. The fraction of sp³-hybridized carbons (Fsp3) is 0.235. The Labute approximate surface area is 139 Å². The molecule has 0 aliphatic heterocycles. The molecule has 122 valence electrons. The number of hydrogen-bond acceptors (Lipinski definition) is 5. The first kappa shape index (κ1) is 17.1. The summed E-state index contributed by atoms with van der Waals surface area (Å²) in [5.74, 6) is -0.425. The van der Waals surface area contributed by atoms with Gasteiger partial charge in [-0.1, -0.05) is 6.07 Å². The van der Waals surface area contributed by atoms with Crippen molar-refractivity contribution in [1.82, 2.24) is 4.98 Å². The van der Waals surface area contributed by atoms with Gasteiger partial charge in [0.2, 0.25) is 0 Å². The van der Waals surface area contributed by atoms with E-state index in [-0.39, 0.29) is 5.69 Å². The highest BCUT2D eigenvalue weighted by Crippen LogP contribution is 2.24. The van der Waals surface area contributed by atoms with Gasteiger partial charge in [-0.2, -0.15) is 5.26 Å². The Balaban J connectivity index is 2.28. The Morgan fingerprint density at radius 3 is 2.67 bits per heavy atom. The van der Waals surface area contributed by atoms with Crippen LogP contribution in [0.5, 0.6) is 0 Å². The molecule has 1 heterocycles. The molecule has 1 aromatic carbocycles. The van der Waals surface area contributed by atoms with Crippen molar-refractivity contribution < 1.29 is 9.72 Å². The summed E-state index contributed by atoms with van der Waals surface area (Å²) in [5, 5.41) is 22.8. The average Bonchev–Trinajstić information content (AvgIpc) is 2.56. The third-order valence-electron chi connectivity index (χ3n) is 3.61. The second-order valence-corrected chi connectivity index (χ2v) is 5.88. The Morgan fingerprint density at radius 1 is 1.33 bits per heavy atom. The van der Waals surface area contributed by atoms with Crippen LogP contribution in [0.25, 0.3) is 0 Å². The summed E-state index contributed by atoms with van der Waals surface area (Å²) < 4.78 is 0. The molecule has 1 N–H and O–H groups in total. The quantitative estimate of drug-likeness (QED) is 0.685. The molecule has 0 saturated heterocycles. The van der Waals surface area contributed by atoms with E-state index < -0.39 is 16.2 Å². The van der Waals surface area contributed by atoms with E-state index in [4.69, 9.17) is 5.26 Å². The molecule has 1 amide bonds. The smallest absolute Gasteiger partial charge is 0.274 e. The molecule has 0 bridgehead atoms. The number of nitriles is 1. The third-order valence-corrected chi connectivity index (χ3v) is 3.61. The van der Waals surface area contributed by atoms with Gasteiger partial charge in [0.25, 0.3) is 11.6 Å². The van der Waals surface area contributed by atoms with Crippen LogP contribution in [0.4, 0.5) is 11.4 Å². The zero-order valence-electron chi connectivity index (χ0n) is 13.5. The highest BCUT2D eigenvalue weighted by Gasteiger charge is 2.22. The minimum atomic E-state index is -0.821. The molecule has 0 radical (unpaired) electrons. The van der Waals surface area contributed by atoms with Crippen LogP contribution in [0.2, 0.25) is 0 Å². The summed E-state index contributed by atoms with van der Waals surface area (Å²) in [4.78, 5) is 27.0. The molecule has 7 heteroatoms. The second kappa shape index (κ2) is 6.46. The van der Waals surface area contributed by atoms with Crippen molar-refractivity contribution in [2.75, 3.05) is 5.32 Å². The Hall–Kier alpha value is -3.27. The summed E-state index contributed by atoms with van der Waals surface area (Å²) in [5.41, 5.74) is 0.766. The number of carbonyl (C=O) groups excluding carboxylic acids is 1. The number of hydrogen-bond donors (Lipinski definition) is 1. The van der Waals surface area contributed by atoms with Crippen LogP contribution >= 0.6 is 0 Å². The van der Waals surface area contributed by atoms with Crippen molar-refractivity contribution in [3.05, 3.63) is 63.5 Å². The molecule has 0 atom stereocenters. The van der Waals surface area contributed by atoms with E-state index in [1.165, 1.54) is 18.3 Å². The molecule has 2 aromatic rings. The highest BCUT2D eigenvalue weighted by atomic mass is 16.6. The van der Waals surface area contributed by atoms with Gasteiger partial charge in [0.1, 0.15) is 0 Å². The van der Waals surface area contributed by atoms with Gasteiger partial charge in [-0.25, -0.2) is 0 Å². The number of amides is 1. The summed E-state index contributed by atoms with van der Waals surface area (Å²) >= 11 is 0. The van der Waals surface area contributed by atoms with Crippen LogP contribution in [0, 0.1) is 28.4 Å². The minimum absolute atomic E-state index is 0.0613. The van der Waals surface area contributed by atoms with Crippen LogP contribution in [-0.4, -0.2) is 15.8 Å². The lowest BCUT2D eigenvalue weighted by atomic mass is 9.90. The first-order valence-corrected chi connectivity index (χ1v) is 7.19. The van der Waals surface area contributed by atoms with Crippen LogP contribution in [-0.2, 0) is 5.41 Å². The van der Waals surface area contributed by atoms with E-state index >= 15 is 0 Å². The van der Waals surface area contributed by atoms with E-state index in [1.807, 2.05) is 0 Å². The molecule has 1 aromatic heterocycles. The number of aromatic nitrogens is 1. The van der Waals surface area contributed by atoms with Gasteiger partial charge in [0.05, 0.1) is 22.1 Å². The number of benzene rings is 1. The molecule has 0 fully saturated rings. The summed E-state index contributed by atoms with van der Waals surface area (Å²) in [6.45, 7) is 5.05. The molecule has 0 saturated carbocycles. The molecular weight excluding hydrogens is 308 g/mol. The number of aryl methyl sites for hydroxylation is 1. The van der Waals surface area contributed by atoms with Crippen molar-refractivity contribution in [3.63, 3.8) is 0 Å². The average molecular weight is 324 g/mol. The molecular formula is C17H16N4O3. The Morgan fingerprint density at radius 2 is 2.04 bits per heavy atom. The first-order valence-electron chi connectivity index (χ1n) is 7.19. The summed E-state index contributed by atoms with van der Waals surface area (Å²) in [7, 11) is 0. The maximum Gasteiger partial charge on any atom is 0.274 e. The number of nitrogens with zero attached hydrogens (tertiary/aromatic N) is 3. The predicted molar refractivity (Wildman–Crippen MR) is 88.7 cm³/mol. The minimum Gasteiger partial charge on any atom is -0.322 e. The SMILES string of the molecule is Cc1ccc(NC(=O)c2ccnc(C(C)(C)C#N)c2)cc1[N+](=O)[O-]. The van der Waals surface area contributed by atoms with Crippen molar-refractivity contribution in [1.29, 1.82) is 5.26 Å². The molecule has 0 unspecified atom stereocenters. The lowest BCUT2D eigenvalue weighted by Gasteiger charge is -2.15. The van der Waals surface area contributed by atoms with Crippen LogP contribution in [0.15, 0.2) is 36.5 Å². The fourth-order valence-corrected chi connectivity index (χ4v) is 2.06. The van der Waals surface area contributed by atoms with Gasteiger partial charge < -0.3 is 5.32 Å². The van der Waals surface area contributed by atoms with Crippen LogP contribution in [0.1, 0.15) is 35.5 Å². The molecule has 0 spiro atoms. The number of nitro groups is 1. The molecule has 2 rings (SSSR count). The Bertz CT molecular complexity index is 853. The monoisotopic (exact) mass is 324 g/mol. The van der Waals surface area contributed by atoms with Crippen molar-refractivity contribution in [2.24, 2.45) is 0 Å². The third kappa shape index (κ3) is 3.55. The molecule has 0 aliphatic carbocycles. The number of pyridine rings is 1. The molecule has 0 aliphatic rings. The number of nitrogens with one attached hydrogen (secondary N) is 1. The van der Waals surface area contributed by atoms with Gasteiger partial charge >= 0.3 is 0 Å². The number of nitro benzene ring substituents is 1. The lowest BCUT2D eigenvalue weighted by molar-refractivity contribution is -0.385.